The minimum Gasteiger partial charge on any atom is -0.493 e. The maximum atomic E-state index is 11.8. The Bertz CT molecular complexity index is 499. The molecule has 2 rings (SSSR count). The van der Waals surface area contributed by atoms with Crippen LogP contribution in [0.15, 0.2) is 24.3 Å². The molecule has 134 valence electrons. The molecule has 0 radical (unpaired) electrons. The Morgan fingerprint density at radius 3 is 2.67 bits per heavy atom. The van der Waals surface area contributed by atoms with E-state index in [1.165, 1.54) is 0 Å². The van der Waals surface area contributed by atoms with Gasteiger partial charge in [0.15, 0.2) is 0 Å². The van der Waals surface area contributed by atoms with Crippen LogP contribution >= 0.6 is 0 Å². The second-order valence-corrected chi connectivity index (χ2v) is 6.57. The Hall–Kier alpha value is -1.59. The third-order valence-electron chi connectivity index (χ3n) is 4.47. The van der Waals surface area contributed by atoms with Crippen LogP contribution in [0.2, 0.25) is 0 Å². The summed E-state index contributed by atoms with van der Waals surface area (Å²) in [6, 6.07) is 7.96. The van der Waals surface area contributed by atoms with Crippen molar-refractivity contribution < 1.29 is 9.53 Å². The van der Waals surface area contributed by atoms with Gasteiger partial charge in [-0.15, -0.1) is 0 Å². The van der Waals surface area contributed by atoms with E-state index in [0.29, 0.717) is 13.0 Å². The molecule has 0 atom stereocenters. The smallest absolute Gasteiger partial charge is 0.220 e. The molecule has 1 aromatic rings. The largest absolute Gasteiger partial charge is 0.493 e. The minimum absolute atomic E-state index is 0.127. The molecule has 1 aromatic carbocycles. The number of likely N-dealkylation sites (N-methyl/N-ethyl adjacent to an activating group) is 1. The quantitative estimate of drug-likeness (QED) is 0.701. The van der Waals surface area contributed by atoms with E-state index in [-0.39, 0.29) is 5.91 Å². The molecule has 1 aliphatic heterocycles. The van der Waals surface area contributed by atoms with Gasteiger partial charge in [-0.25, -0.2) is 0 Å². The number of hydrogen-bond donors (Lipinski definition) is 1. The summed E-state index contributed by atoms with van der Waals surface area (Å²) in [6.45, 7) is 9.03. The molecule has 0 aromatic heterocycles. The van der Waals surface area contributed by atoms with Gasteiger partial charge in [-0.05, 0) is 45.0 Å². The fraction of sp³-hybridized carbons (Fsp3) is 0.632. The second-order valence-electron chi connectivity index (χ2n) is 6.57. The lowest BCUT2D eigenvalue weighted by Gasteiger charge is -2.32. The molecule has 1 fully saturated rings. The molecule has 1 amide bonds. The number of amides is 1. The third-order valence-corrected chi connectivity index (χ3v) is 4.47. The molecule has 5 heteroatoms. The summed E-state index contributed by atoms with van der Waals surface area (Å²) < 4.78 is 5.71. The average Bonchev–Trinajstić information content (AvgIpc) is 2.58. The highest BCUT2D eigenvalue weighted by molar-refractivity contribution is 5.75. The van der Waals surface area contributed by atoms with Crippen LogP contribution in [0.4, 0.5) is 0 Å². The number of rotatable bonds is 9. The Morgan fingerprint density at radius 2 is 1.92 bits per heavy atom. The number of hydrogen-bond acceptors (Lipinski definition) is 4. The van der Waals surface area contributed by atoms with Gasteiger partial charge in [0.25, 0.3) is 0 Å². The number of benzene rings is 1. The fourth-order valence-corrected chi connectivity index (χ4v) is 2.82. The molecule has 1 saturated heterocycles. The molecular formula is C19H31N3O2. The Balaban J connectivity index is 1.47. The first kappa shape index (κ1) is 18.7. The van der Waals surface area contributed by atoms with Gasteiger partial charge in [0.2, 0.25) is 5.91 Å². The van der Waals surface area contributed by atoms with E-state index in [9.17, 15) is 4.79 Å². The van der Waals surface area contributed by atoms with Crippen LogP contribution in [0.1, 0.15) is 24.8 Å². The van der Waals surface area contributed by atoms with E-state index < -0.39 is 0 Å². The first-order valence-electron chi connectivity index (χ1n) is 9.01. The van der Waals surface area contributed by atoms with E-state index in [4.69, 9.17) is 4.74 Å². The average molecular weight is 333 g/mol. The molecule has 0 bridgehead atoms. The summed E-state index contributed by atoms with van der Waals surface area (Å²) in [4.78, 5) is 16.7. The van der Waals surface area contributed by atoms with Gasteiger partial charge in [0.1, 0.15) is 5.75 Å². The number of para-hydroxylation sites is 1. The zero-order valence-corrected chi connectivity index (χ0v) is 15.1. The Labute approximate surface area is 146 Å². The van der Waals surface area contributed by atoms with Crippen molar-refractivity contribution in [3.05, 3.63) is 29.8 Å². The highest BCUT2D eigenvalue weighted by atomic mass is 16.5. The van der Waals surface area contributed by atoms with Gasteiger partial charge in [0, 0.05) is 39.1 Å². The molecule has 1 aliphatic rings. The molecule has 0 spiro atoms. The van der Waals surface area contributed by atoms with Crippen LogP contribution in [0, 0.1) is 6.92 Å². The molecule has 5 nitrogen and oxygen atoms in total. The van der Waals surface area contributed by atoms with Gasteiger partial charge in [-0.1, -0.05) is 18.2 Å². The van der Waals surface area contributed by atoms with Gasteiger partial charge >= 0.3 is 0 Å². The molecule has 0 saturated carbocycles. The molecule has 0 unspecified atom stereocenters. The summed E-state index contributed by atoms with van der Waals surface area (Å²) in [5, 5.41) is 3.01. The van der Waals surface area contributed by atoms with Gasteiger partial charge in [-0.2, -0.15) is 0 Å². The van der Waals surface area contributed by atoms with Crippen LogP contribution < -0.4 is 10.1 Å². The molecule has 0 aliphatic carbocycles. The monoisotopic (exact) mass is 333 g/mol. The van der Waals surface area contributed by atoms with Crippen molar-refractivity contribution in [2.75, 3.05) is 52.9 Å². The molecule has 24 heavy (non-hydrogen) atoms. The van der Waals surface area contributed by atoms with Gasteiger partial charge < -0.3 is 19.9 Å². The highest BCUT2D eigenvalue weighted by Crippen LogP contribution is 2.16. The summed E-state index contributed by atoms with van der Waals surface area (Å²) >= 11 is 0. The summed E-state index contributed by atoms with van der Waals surface area (Å²) in [5.41, 5.74) is 1.13. The van der Waals surface area contributed by atoms with Crippen molar-refractivity contribution in [2.24, 2.45) is 0 Å². The van der Waals surface area contributed by atoms with E-state index in [1.807, 2.05) is 31.2 Å². The Kier molecular flexibility index (Phi) is 8.05. The zero-order valence-electron chi connectivity index (χ0n) is 15.1. The van der Waals surface area contributed by atoms with Crippen LogP contribution in [-0.4, -0.2) is 68.6 Å². The van der Waals surface area contributed by atoms with Crippen LogP contribution in [0.5, 0.6) is 5.75 Å². The van der Waals surface area contributed by atoms with Crippen LogP contribution in [0.3, 0.4) is 0 Å². The molecular weight excluding hydrogens is 302 g/mol. The van der Waals surface area contributed by atoms with E-state index in [1.54, 1.807) is 0 Å². The van der Waals surface area contributed by atoms with E-state index >= 15 is 0 Å². The summed E-state index contributed by atoms with van der Waals surface area (Å²) in [7, 11) is 2.17. The SMILES string of the molecule is Cc1ccccc1OCCCC(=O)NCCCN1CCN(C)CC1. The number of piperazine rings is 1. The number of nitrogens with one attached hydrogen (secondary N) is 1. The fourth-order valence-electron chi connectivity index (χ4n) is 2.82. The van der Waals surface area contributed by atoms with Crippen LogP contribution in [0.25, 0.3) is 0 Å². The number of ether oxygens (including phenoxy) is 1. The predicted molar refractivity (Wildman–Crippen MR) is 97.5 cm³/mol. The number of aryl methyl sites for hydroxylation is 1. The van der Waals surface area contributed by atoms with E-state index in [2.05, 4.69) is 22.2 Å². The van der Waals surface area contributed by atoms with Crippen molar-refractivity contribution >= 4 is 5.91 Å². The first-order chi connectivity index (χ1) is 11.6. The summed E-state index contributed by atoms with van der Waals surface area (Å²) in [5.74, 6) is 1.03. The van der Waals surface area contributed by atoms with Crippen molar-refractivity contribution in [1.29, 1.82) is 0 Å². The lowest BCUT2D eigenvalue weighted by Crippen LogP contribution is -2.45. The lowest BCUT2D eigenvalue weighted by atomic mass is 10.2. The predicted octanol–water partition coefficient (Wildman–Crippen LogP) is 1.91. The van der Waals surface area contributed by atoms with Crippen molar-refractivity contribution in [3.8, 4) is 5.75 Å². The van der Waals surface area contributed by atoms with E-state index in [0.717, 1.165) is 63.4 Å². The van der Waals surface area contributed by atoms with Crippen LogP contribution in [-0.2, 0) is 4.79 Å². The summed E-state index contributed by atoms with van der Waals surface area (Å²) in [6.07, 6.45) is 2.30. The normalized spacial score (nSPS) is 16.1. The Morgan fingerprint density at radius 1 is 1.17 bits per heavy atom. The standard InChI is InChI=1S/C19H31N3O2/c1-17-7-3-4-8-18(17)24-16-5-9-19(23)20-10-6-11-22-14-12-21(2)13-15-22/h3-4,7-8H,5-6,9-16H2,1-2H3,(H,20,23). The maximum Gasteiger partial charge on any atom is 0.220 e. The van der Waals surface area contributed by atoms with Crippen molar-refractivity contribution in [1.82, 2.24) is 15.1 Å². The number of carbonyl (C=O) groups excluding carboxylic acids is 1. The maximum absolute atomic E-state index is 11.8. The number of carbonyl (C=O) groups is 1. The second kappa shape index (κ2) is 10.3. The third kappa shape index (κ3) is 6.89. The van der Waals surface area contributed by atoms with Crippen molar-refractivity contribution in [2.45, 2.75) is 26.2 Å². The van der Waals surface area contributed by atoms with Gasteiger partial charge in [0.05, 0.1) is 6.61 Å². The highest BCUT2D eigenvalue weighted by Gasteiger charge is 2.12. The zero-order chi connectivity index (χ0) is 17.2. The van der Waals surface area contributed by atoms with Crippen molar-refractivity contribution in [3.63, 3.8) is 0 Å². The topological polar surface area (TPSA) is 44.8 Å². The minimum atomic E-state index is 0.127. The lowest BCUT2D eigenvalue weighted by molar-refractivity contribution is -0.121. The molecule has 1 N–H and O–H groups in total. The number of nitrogens with zero attached hydrogens (tertiary/aromatic N) is 2. The molecule has 1 heterocycles. The first-order valence-corrected chi connectivity index (χ1v) is 9.01. The van der Waals surface area contributed by atoms with Gasteiger partial charge in [-0.3, -0.25) is 4.79 Å².